The molecule has 1 amide bonds. The average molecular weight is 402 g/mol. The number of aromatic nitrogens is 1. The standard InChI is InChI=1S/C18H21F3N2O3S/c1-3-5-8-23(14(24)6-7-15(25)26-4-2)10-13-22-17-16(21)11(19)9-12(20)18(17)27-13/h9H,3-8,10H2,1-2H3. The maximum Gasteiger partial charge on any atom is 0.306 e. The summed E-state index contributed by atoms with van der Waals surface area (Å²) in [4.78, 5) is 29.4. The molecule has 0 aliphatic rings. The Morgan fingerprint density at radius 2 is 1.93 bits per heavy atom. The molecule has 0 fully saturated rings. The number of esters is 1. The summed E-state index contributed by atoms with van der Waals surface area (Å²) in [6, 6.07) is 0.485. The van der Waals surface area contributed by atoms with E-state index in [1.165, 1.54) is 4.90 Å². The third-order valence-corrected chi connectivity index (χ3v) is 4.92. The van der Waals surface area contributed by atoms with E-state index in [1.54, 1.807) is 6.92 Å². The number of carbonyl (C=O) groups excluding carboxylic acids is 2. The Labute approximate surface area is 159 Å². The van der Waals surface area contributed by atoms with Crippen molar-refractivity contribution in [2.45, 2.75) is 46.1 Å². The normalized spacial score (nSPS) is 11.0. The van der Waals surface area contributed by atoms with Gasteiger partial charge >= 0.3 is 5.97 Å². The van der Waals surface area contributed by atoms with Gasteiger partial charge in [-0.25, -0.2) is 18.2 Å². The highest BCUT2D eigenvalue weighted by Crippen LogP contribution is 2.29. The maximum absolute atomic E-state index is 13.9. The topological polar surface area (TPSA) is 59.5 Å². The summed E-state index contributed by atoms with van der Waals surface area (Å²) in [5.41, 5.74) is -0.373. The monoisotopic (exact) mass is 402 g/mol. The second-order valence-electron chi connectivity index (χ2n) is 5.91. The van der Waals surface area contributed by atoms with E-state index in [2.05, 4.69) is 4.98 Å². The van der Waals surface area contributed by atoms with Crippen LogP contribution in [0.25, 0.3) is 10.2 Å². The second kappa shape index (κ2) is 9.68. The highest BCUT2D eigenvalue weighted by atomic mass is 32.1. The quantitative estimate of drug-likeness (QED) is 0.466. The largest absolute Gasteiger partial charge is 0.466 e. The Balaban J connectivity index is 2.16. The number of hydrogen-bond acceptors (Lipinski definition) is 5. The predicted octanol–water partition coefficient (Wildman–Crippen LogP) is 4.19. The van der Waals surface area contributed by atoms with Crippen molar-refractivity contribution in [1.29, 1.82) is 0 Å². The van der Waals surface area contributed by atoms with Crippen molar-refractivity contribution in [2.24, 2.45) is 0 Å². The molecule has 0 saturated heterocycles. The Bertz CT molecular complexity index is 826. The average Bonchev–Trinajstić information content (AvgIpc) is 3.06. The summed E-state index contributed by atoms with van der Waals surface area (Å²) < 4.78 is 45.8. The van der Waals surface area contributed by atoms with Crippen molar-refractivity contribution in [2.75, 3.05) is 13.2 Å². The van der Waals surface area contributed by atoms with Crippen molar-refractivity contribution in [3.05, 3.63) is 28.5 Å². The highest BCUT2D eigenvalue weighted by molar-refractivity contribution is 7.18. The fraction of sp³-hybridized carbons (Fsp3) is 0.500. The first-order chi connectivity index (χ1) is 12.9. The molecule has 0 spiro atoms. The molecule has 1 aromatic carbocycles. The van der Waals surface area contributed by atoms with Crippen molar-refractivity contribution in [3.8, 4) is 0 Å². The van der Waals surface area contributed by atoms with Gasteiger partial charge in [0.05, 0.1) is 24.3 Å². The molecule has 0 unspecified atom stereocenters. The van der Waals surface area contributed by atoms with E-state index in [4.69, 9.17) is 4.74 Å². The lowest BCUT2D eigenvalue weighted by Crippen LogP contribution is -2.31. The lowest BCUT2D eigenvalue weighted by Gasteiger charge is -2.21. The molecule has 0 aliphatic carbocycles. The lowest BCUT2D eigenvalue weighted by atomic mass is 10.2. The van der Waals surface area contributed by atoms with Crippen molar-refractivity contribution < 1.29 is 27.5 Å². The van der Waals surface area contributed by atoms with Gasteiger partial charge in [-0.3, -0.25) is 9.59 Å². The van der Waals surface area contributed by atoms with Crippen LogP contribution in [0.2, 0.25) is 0 Å². The molecule has 0 N–H and O–H groups in total. The molecule has 0 aliphatic heterocycles. The fourth-order valence-corrected chi connectivity index (χ4v) is 3.48. The van der Waals surface area contributed by atoms with Crippen LogP contribution in [0.3, 0.4) is 0 Å². The van der Waals surface area contributed by atoms with Crippen LogP contribution in [0.1, 0.15) is 44.5 Å². The second-order valence-corrected chi connectivity index (χ2v) is 7.00. The molecule has 1 aromatic heterocycles. The van der Waals surface area contributed by atoms with Crippen LogP contribution in [-0.4, -0.2) is 34.9 Å². The molecule has 0 saturated carbocycles. The SMILES string of the molecule is CCCCN(Cc1nc2c(F)c(F)cc(F)c2s1)C(=O)CCC(=O)OCC. The maximum atomic E-state index is 13.9. The summed E-state index contributed by atoms with van der Waals surface area (Å²) in [5, 5.41) is 0.300. The van der Waals surface area contributed by atoms with E-state index in [0.717, 1.165) is 24.2 Å². The Hall–Kier alpha value is -2.16. The van der Waals surface area contributed by atoms with Crippen molar-refractivity contribution in [1.82, 2.24) is 9.88 Å². The first kappa shape index (κ1) is 21.1. The first-order valence-electron chi connectivity index (χ1n) is 8.73. The summed E-state index contributed by atoms with van der Waals surface area (Å²) in [5.74, 6) is -4.13. The Morgan fingerprint density at radius 1 is 1.19 bits per heavy atom. The molecule has 2 rings (SSSR count). The number of ether oxygens (including phenoxy) is 1. The summed E-state index contributed by atoms with van der Waals surface area (Å²) in [6.07, 6.45) is 1.51. The van der Waals surface area contributed by atoms with Crippen LogP contribution in [0.4, 0.5) is 13.2 Å². The number of nitrogens with zero attached hydrogens (tertiary/aromatic N) is 2. The Kier molecular flexibility index (Phi) is 7.58. The van der Waals surface area contributed by atoms with E-state index < -0.39 is 23.4 Å². The first-order valence-corrected chi connectivity index (χ1v) is 9.55. The van der Waals surface area contributed by atoms with Crippen molar-refractivity contribution >= 4 is 33.4 Å². The summed E-state index contributed by atoms with van der Waals surface area (Å²) >= 11 is 0.880. The van der Waals surface area contributed by atoms with E-state index in [-0.39, 0.29) is 42.1 Å². The van der Waals surface area contributed by atoms with Gasteiger partial charge in [-0.1, -0.05) is 13.3 Å². The number of carbonyl (C=O) groups is 2. The van der Waals surface area contributed by atoms with Gasteiger partial charge in [0, 0.05) is 19.0 Å². The zero-order valence-corrected chi connectivity index (χ0v) is 16.0. The molecule has 0 bridgehead atoms. The number of thiazole rings is 1. The number of halogens is 3. The fourth-order valence-electron chi connectivity index (χ4n) is 2.50. The van der Waals surface area contributed by atoms with Crippen LogP contribution in [0.5, 0.6) is 0 Å². The van der Waals surface area contributed by atoms with E-state index in [0.29, 0.717) is 17.6 Å². The van der Waals surface area contributed by atoms with Gasteiger partial charge in [-0.15, -0.1) is 11.3 Å². The smallest absolute Gasteiger partial charge is 0.306 e. The van der Waals surface area contributed by atoms with Gasteiger partial charge in [0.1, 0.15) is 16.3 Å². The van der Waals surface area contributed by atoms with E-state index in [1.807, 2.05) is 6.92 Å². The lowest BCUT2D eigenvalue weighted by molar-refractivity contribution is -0.145. The number of benzene rings is 1. The van der Waals surface area contributed by atoms with Crippen LogP contribution in [-0.2, 0) is 20.9 Å². The van der Waals surface area contributed by atoms with Gasteiger partial charge in [0.25, 0.3) is 0 Å². The number of fused-ring (bicyclic) bond motifs is 1. The van der Waals surface area contributed by atoms with Crippen LogP contribution in [0, 0.1) is 17.5 Å². The molecule has 1 heterocycles. The number of hydrogen-bond donors (Lipinski definition) is 0. The zero-order valence-electron chi connectivity index (χ0n) is 15.2. The molecule has 0 atom stereocenters. The summed E-state index contributed by atoms with van der Waals surface area (Å²) in [7, 11) is 0. The molecule has 0 radical (unpaired) electrons. The minimum atomic E-state index is -1.30. The molecule has 9 heteroatoms. The number of rotatable bonds is 9. The molecular formula is C18H21F3N2O3S. The van der Waals surface area contributed by atoms with Gasteiger partial charge in [0.15, 0.2) is 11.6 Å². The highest BCUT2D eigenvalue weighted by Gasteiger charge is 2.21. The molecule has 5 nitrogen and oxygen atoms in total. The molecule has 148 valence electrons. The molecular weight excluding hydrogens is 381 g/mol. The zero-order chi connectivity index (χ0) is 20.0. The molecule has 2 aromatic rings. The van der Waals surface area contributed by atoms with Crippen molar-refractivity contribution in [3.63, 3.8) is 0 Å². The third kappa shape index (κ3) is 5.41. The molecule has 27 heavy (non-hydrogen) atoms. The van der Waals surface area contributed by atoms with E-state index in [9.17, 15) is 22.8 Å². The Morgan fingerprint density at radius 3 is 2.59 bits per heavy atom. The minimum absolute atomic E-state index is 0.0230. The van der Waals surface area contributed by atoms with Crippen LogP contribution < -0.4 is 0 Å². The minimum Gasteiger partial charge on any atom is -0.466 e. The van der Waals surface area contributed by atoms with Crippen LogP contribution in [0.15, 0.2) is 6.07 Å². The summed E-state index contributed by atoms with van der Waals surface area (Å²) in [6.45, 7) is 4.36. The van der Waals surface area contributed by atoms with Crippen LogP contribution >= 0.6 is 11.3 Å². The van der Waals surface area contributed by atoms with Gasteiger partial charge in [-0.2, -0.15) is 0 Å². The third-order valence-electron chi connectivity index (χ3n) is 3.87. The predicted molar refractivity (Wildman–Crippen MR) is 95.7 cm³/mol. The van der Waals surface area contributed by atoms with Gasteiger partial charge in [0.2, 0.25) is 5.91 Å². The number of unbranched alkanes of at least 4 members (excludes halogenated alkanes) is 1. The van der Waals surface area contributed by atoms with Gasteiger partial charge < -0.3 is 9.64 Å². The number of amides is 1. The van der Waals surface area contributed by atoms with E-state index >= 15 is 0 Å². The van der Waals surface area contributed by atoms with Gasteiger partial charge in [-0.05, 0) is 13.3 Å².